The van der Waals surface area contributed by atoms with E-state index in [1.807, 2.05) is 0 Å². The van der Waals surface area contributed by atoms with Crippen molar-refractivity contribution in [1.82, 2.24) is 0 Å². The minimum Gasteiger partial charge on any atom is -0.506 e. The number of nitro benzene ring substituents is 1. The Morgan fingerprint density at radius 2 is 1.41 bits per heavy atom. The van der Waals surface area contributed by atoms with Gasteiger partial charge >= 0.3 is 11.9 Å². The topological polar surface area (TPSA) is 116 Å². The molecule has 1 aromatic carbocycles. The van der Waals surface area contributed by atoms with Gasteiger partial charge in [0.25, 0.3) is 5.69 Å². The monoisotopic (exact) mass is 311 g/mol. The van der Waals surface area contributed by atoms with Gasteiger partial charge in [0.15, 0.2) is 0 Å². The van der Waals surface area contributed by atoms with Crippen molar-refractivity contribution in [3.63, 3.8) is 0 Å². The third-order valence-electron chi connectivity index (χ3n) is 3.08. The van der Waals surface area contributed by atoms with Gasteiger partial charge in [0, 0.05) is 11.1 Å². The largest absolute Gasteiger partial charge is 0.506 e. The highest BCUT2D eigenvalue weighted by Crippen LogP contribution is 2.38. The van der Waals surface area contributed by atoms with Crippen molar-refractivity contribution in [3.05, 3.63) is 32.4 Å². The number of ether oxygens (including phenoxy) is 2. The molecule has 0 aliphatic carbocycles. The van der Waals surface area contributed by atoms with E-state index < -0.39 is 39.4 Å². The van der Waals surface area contributed by atoms with Crippen LogP contribution in [0.5, 0.6) is 5.75 Å². The van der Waals surface area contributed by atoms with Gasteiger partial charge in [0.2, 0.25) is 0 Å². The van der Waals surface area contributed by atoms with Crippen LogP contribution in [0.25, 0.3) is 0 Å². The second-order valence-corrected chi connectivity index (χ2v) is 4.40. The van der Waals surface area contributed by atoms with Crippen LogP contribution in [0.4, 0.5) is 5.69 Å². The van der Waals surface area contributed by atoms with Gasteiger partial charge in [0.1, 0.15) is 16.9 Å². The fraction of sp³-hybridized carbons (Fsp3) is 0.429. The lowest BCUT2D eigenvalue weighted by Gasteiger charge is -2.14. The zero-order valence-electron chi connectivity index (χ0n) is 12.8. The number of rotatable bonds is 5. The molecule has 1 aromatic rings. The molecule has 22 heavy (non-hydrogen) atoms. The molecule has 0 atom stereocenters. The third kappa shape index (κ3) is 3.00. The lowest BCUT2D eigenvalue weighted by Crippen LogP contribution is -2.15. The van der Waals surface area contributed by atoms with Gasteiger partial charge < -0.3 is 14.6 Å². The lowest BCUT2D eigenvalue weighted by atomic mass is 9.95. The molecule has 0 fully saturated rings. The average Bonchev–Trinajstić information content (AvgIpc) is 2.38. The van der Waals surface area contributed by atoms with Gasteiger partial charge in [-0.1, -0.05) is 0 Å². The van der Waals surface area contributed by atoms with Crippen LogP contribution in [-0.2, 0) is 9.47 Å². The molecule has 0 amide bonds. The summed E-state index contributed by atoms with van der Waals surface area (Å²) in [7, 11) is 0. The fourth-order valence-electron chi connectivity index (χ4n) is 2.18. The molecule has 0 saturated heterocycles. The molecule has 1 N–H and O–H groups in total. The average molecular weight is 311 g/mol. The predicted molar refractivity (Wildman–Crippen MR) is 76.1 cm³/mol. The van der Waals surface area contributed by atoms with E-state index in [-0.39, 0.29) is 24.3 Å². The van der Waals surface area contributed by atoms with Crippen LogP contribution in [0.3, 0.4) is 0 Å². The SMILES string of the molecule is CCOC(=O)c1c(C)c([N+](=O)[O-])c(C)c(C(=O)OCC)c1O. The molecule has 0 unspecified atom stereocenters. The highest BCUT2D eigenvalue weighted by Gasteiger charge is 2.33. The summed E-state index contributed by atoms with van der Waals surface area (Å²) in [6.45, 7) is 5.78. The van der Waals surface area contributed by atoms with Crippen LogP contribution in [-0.4, -0.2) is 35.2 Å². The summed E-state index contributed by atoms with van der Waals surface area (Å²) in [4.78, 5) is 34.4. The number of hydrogen-bond acceptors (Lipinski definition) is 7. The molecular weight excluding hydrogens is 294 g/mol. The molecule has 0 spiro atoms. The predicted octanol–water partition coefficient (Wildman–Crippen LogP) is 2.27. The molecule has 1 rings (SSSR count). The van der Waals surface area contributed by atoms with Crippen molar-refractivity contribution in [1.29, 1.82) is 0 Å². The van der Waals surface area contributed by atoms with E-state index in [0.29, 0.717) is 0 Å². The number of carbonyl (C=O) groups excluding carboxylic acids is 2. The van der Waals surface area contributed by atoms with E-state index in [1.54, 1.807) is 13.8 Å². The van der Waals surface area contributed by atoms with E-state index in [9.17, 15) is 24.8 Å². The van der Waals surface area contributed by atoms with Gasteiger partial charge in [-0.15, -0.1) is 0 Å². The molecule has 120 valence electrons. The summed E-state index contributed by atoms with van der Waals surface area (Å²) in [6.07, 6.45) is 0. The Bertz CT molecular complexity index is 592. The number of phenols is 1. The number of aromatic hydroxyl groups is 1. The third-order valence-corrected chi connectivity index (χ3v) is 3.08. The maximum Gasteiger partial charge on any atom is 0.342 e. The number of phenolic OH excluding ortho intramolecular Hbond substituents is 1. The van der Waals surface area contributed by atoms with E-state index in [4.69, 9.17) is 9.47 Å². The number of nitro groups is 1. The highest BCUT2D eigenvalue weighted by atomic mass is 16.6. The van der Waals surface area contributed by atoms with Crippen molar-refractivity contribution in [2.24, 2.45) is 0 Å². The molecular formula is C14H17NO7. The number of nitrogens with zero attached hydrogens (tertiary/aromatic N) is 1. The molecule has 0 bridgehead atoms. The van der Waals surface area contributed by atoms with Crippen LogP contribution in [0.15, 0.2) is 0 Å². The summed E-state index contributed by atoms with van der Waals surface area (Å²) >= 11 is 0. The van der Waals surface area contributed by atoms with E-state index in [0.717, 1.165) is 0 Å². The van der Waals surface area contributed by atoms with Crippen molar-refractivity contribution in [3.8, 4) is 5.75 Å². The van der Waals surface area contributed by atoms with Gasteiger partial charge in [-0.05, 0) is 27.7 Å². The second-order valence-electron chi connectivity index (χ2n) is 4.40. The summed E-state index contributed by atoms with van der Waals surface area (Å²) in [6, 6.07) is 0. The summed E-state index contributed by atoms with van der Waals surface area (Å²) < 4.78 is 9.57. The quantitative estimate of drug-likeness (QED) is 0.503. The summed E-state index contributed by atoms with van der Waals surface area (Å²) in [5.74, 6) is -2.55. The van der Waals surface area contributed by atoms with Gasteiger partial charge in [0.05, 0.1) is 18.1 Å². The fourth-order valence-corrected chi connectivity index (χ4v) is 2.18. The van der Waals surface area contributed by atoms with Gasteiger partial charge in [-0.3, -0.25) is 10.1 Å². The minimum absolute atomic E-state index is 0.0220. The second kappa shape index (κ2) is 6.88. The number of esters is 2. The van der Waals surface area contributed by atoms with Crippen LogP contribution in [0.2, 0.25) is 0 Å². The Hall–Kier alpha value is -2.64. The van der Waals surface area contributed by atoms with Crippen LogP contribution >= 0.6 is 0 Å². The van der Waals surface area contributed by atoms with Crippen molar-refractivity contribution in [2.45, 2.75) is 27.7 Å². The zero-order valence-corrected chi connectivity index (χ0v) is 12.8. The molecule has 0 aromatic heterocycles. The Balaban J connectivity index is 3.75. The zero-order chi connectivity index (χ0) is 17.0. The lowest BCUT2D eigenvalue weighted by molar-refractivity contribution is -0.386. The van der Waals surface area contributed by atoms with Crippen LogP contribution in [0, 0.1) is 24.0 Å². The van der Waals surface area contributed by atoms with E-state index in [2.05, 4.69) is 0 Å². The van der Waals surface area contributed by atoms with E-state index >= 15 is 0 Å². The summed E-state index contributed by atoms with van der Waals surface area (Å²) in [5.41, 5.74) is -1.36. The van der Waals surface area contributed by atoms with Crippen molar-refractivity contribution < 1.29 is 29.1 Å². The molecule has 8 nitrogen and oxygen atoms in total. The normalized spacial score (nSPS) is 10.2. The van der Waals surface area contributed by atoms with Crippen molar-refractivity contribution >= 4 is 17.6 Å². The standard InChI is InChI=1S/C14H17NO7/c1-5-21-13(17)9-7(3)11(15(19)20)8(4)10(12(9)16)14(18)22-6-2/h16H,5-6H2,1-4H3. The smallest absolute Gasteiger partial charge is 0.342 e. The molecule has 0 radical (unpaired) electrons. The van der Waals surface area contributed by atoms with E-state index in [1.165, 1.54) is 13.8 Å². The maximum atomic E-state index is 11.9. The van der Waals surface area contributed by atoms with Crippen LogP contribution in [0.1, 0.15) is 45.7 Å². The first-order valence-corrected chi connectivity index (χ1v) is 6.62. The first-order chi connectivity index (χ1) is 10.3. The highest BCUT2D eigenvalue weighted by molar-refractivity contribution is 6.03. The van der Waals surface area contributed by atoms with Crippen LogP contribution < -0.4 is 0 Å². The first kappa shape index (κ1) is 17.4. The Labute approximate surface area is 126 Å². The Morgan fingerprint density at radius 3 is 1.68 bits per heavy atom. The molecule has 8 heteroatoms. The molecule has 0 heterocycles. The Morgan fingerprint density at radius 1 is 1.05 bits per heavy atom. The minimum atomic E-state index is -0.939. The molecule has 0 aliphatic heterocycles. The first-order valence-electron chi connectivity index (χ1n) is 6.62. The summed E-state index contributed by atoms with van der Waals surface area (Å²) in [5, 5.41) is 21.5. The molecule has 0 saturated carbocycles. The maximum absolute atomic E-state index is 11.9. The van der Waals surface area contributed by atoms with Gasteiger partial charge in [-0.25, -0.2) is 9.59 Å². The number of hydrogen-bond donors (Lipinski definition) is 1. The van der Waals surface area contributed by atoms with Crippen molar-refractivity contribution in [2.75, 3.05) is 13.2 Å². The molecule has 0 aliphatic rings. The van der Waals surface area contributed by atoms with Gasteiger partial charge in [-0.2, -0.15) is 0 Å². The Kier molecular flexibility index (Phi) is 5.44. The number of carbonyl (C=O) groups is 2. The number of benzene rings is 1.